The van der Waals surface area contributed by atoms with Gasteiger partial charge in [0.05, 0.1) is 17.0 Å². The van der Waals surface area contributed by atoms with E-state index in [-0.39, 0.29) is 6.42 Å². The van der Waals surface area contributed by atoms with E-state index in [9.17, 15) is 23.1 Å². The van der Waals surface area contributed by atoms with Gasteiger partial charge in [-0.05, 0) is 22.8 Å². The number of halogens is 3. The van der Waals surface area contributed by atoms with Crippen molar-refractivity contribution in [2.75, 3.05) is 0 Å². The Balaban J connectivity index is 2.16. The van der Waals surface area contributed by atoms with Gasteiger partial charge in [0.15, 0.2) is 0 Å². The third-order valence-electron chi connectivity index (χ3n) is 4.15. The number of carbonyl (C=O) groups is 1. The van der Waals surface area contributed by atoms with Crippen LogP contribution in [0.5, 0.6) is 0 Å². The number of fused-ring (bicyclic) bond motifs is 1. The molecule has 0 heterocycles. The van der Waals surface area contributed by atoms with Crippen LogP contribution in [0.3, 0.4) is 0 Å². The number of aliphatic carboxylic acids is 1. The molecule has 0 saturated carbocycles. The molecule has 2 nitrogen and oxygen atoms in total. The van der Waals surface area contributed by atoms with Crippen LogP contribution in [0.2, 0.25) is 0 Å². The largest absolute Gasteiger partial charge is 0.549 e. The maximum Gasteiger partial charge on any atom is 0.416 e. The molecular formula is C18H12F3O2-. The minimum Gasteiger partial charge on any atom is -0.549 e. The van der Waals surface area contributed by atoms with E-state index in [4.69, 9.17) is 0 Å². The third kappa shape index (κ3) is 2.52. The Morgan fingerprint density at radius 2 is 1.78 bits per heavy atom. The first-order chi connectivity index (χ1) is 10.8. The van der Waals surface area contributed by atoms with Crippen molar-refractivity contribution in [1.29, 1.82) is 0 Å². The smallest absolute Gasteiger partial charge is 0.416 e. The Labute approximate surface area is 130 Å². The zero-order valence-corrected chi connectivity index (χ0v) is 11.9. The van der Waals surface area contributed by atoms with Crippen molar-refractivity contribution < 1.29 is 23.1 Å². The molecule has 5 heteroatoms. The summed E-state index contributed by atoms with van der Waals surface area (Å²) in [6.45, 7) is 0. The van der Waals surface area contributed by atoms with Gasteiger partial charge in [-0.15, -0.1) is 0 Å². The lowest BCUT2D eigenvalue weighted by Gasteiger charge is -2.35. The van der Waals surface area contributed by atoms with Crippen LogP contribution < -0.4 is 5.11 Å². The molecule has 23 heavy (non-hydrogen) atoms. The molecule has 118 valence electrons. The van der Waals surface area contributed by atoms with E-state index in [1.807, 2.05) is 18.2 Å². The number of carbonyl (C=O) groups excluding carboxylic acids is 1. The minimum atomic E-state index is -4.49. The molecule has 0 saturated heterocycles. The Morgan fingerprint density at radius 1 is 1.09 bits per heavy atom. The molecule has 2 aromatic carbocycles. The van der Waals surface area contributed by atoms with Gasteiger partial charge in [-0.3, -0.25) is 0 Å². The fourth-order valence-electron chi connectivity index (χ4n) is 2.92. The molecule has 1 aliphatic rings. The van der Waals surface area contributed by atoms with E-state index in [1.165, 1.54) is 0 Å². The molecule has 1 atom stereocenters. The van der Waals surface area contributed by atoms with E-state index in [1.54, 1.807) is 24.3 Å². The molecule has 1 unspecified atom stereocenters. The second-order valence-corrected chi connectivity index (χ2v) is 5.48. The van der Waals surface area contributed by atoms with E-state index >= 15 is 0 Å². The first-order valence-electron chi connectivity index (χ1n) is 7.01. The molecule has 0 bridgehead atoms. The monoisotopic (exact) mass is 317 g/mol. The maximum atomic E-state index is 12.8. The van der Waals surface area contributed by atoms with Crippen LogP contribution in [-0.4, -0.2) is 12.1 Å². The van der Waals surface area contributed by atoms with E-state index in [0.29, 0.717) is 10.9 Å². The summed E-state index contributed by atoms with van der Waals surface area (Å²) >= 11 is 0. The standard InChI is InChI=1S/C18H13F3O2/c19-18(20,21)13-8-10-17(11-9-13,16(22)23)15-7-3-5-12-4-1-2-6-14(12)15/h1-10H,11H2,(H,22,23)/p-1. The molecule has 0 N–H and O–H groups in total. The summed E-state index contributed by atoms with van der Waals surface area (Å²) in [6.07, 6.45) is -1.96. The highest BCUT2D eigenvalue weighted by Crippen LogP contribution is 2.40. The number of allylic oxidation sites excluding steroid dienone is 3. The SMILES string of the molecule is O=C([O-])C1(c2cccc3ccccc23)C=CC(C(F)(F)F)=CC1. The first-order valence-corrected chi connectivity index (χ1v) is 7.01. The molecule has 1 aliphatic carbocycles. The van der Waals surface area contributed by atoms with Crippen molar-refractivity contribution in [3.8, 4) is 0 Å². The highest BCUT2D eigenvalue weighted by Gasteiger charge is 2.39. The predicted octanol–water partition coefficient (Wildman–Crippen LogP) is 3.28. The molecular weight excluding hydrogens is 305 g/mol. The molecule has 3 rings (SSSR count). The van der Waals surface area contributed by atoms with Gasteiger partial charge in [0.25, 0.3) is 0 Å². The van der Waals surface area contributed by atoms with Gasteiger partial charge < -0.3 is 9.90 Å². The second-order valence-electron chi connectivity index (χ2n) is 5.48. The first kappa shape index (κ1) is 15.3. The summed E-state index contributed by atoms with van der Waals surface area (Å²) in [5, 5.41) is 13.3. The lowest BCUT2D eigenvalue weighted by atomic mass is 9.72. The average Bonchev–Trinajstić information content (AvgIpc) is 2.53. The Kier molecular flexibility index (Phi) is 3.51. The Morgan fingerprint density at radius 3 is 2.39 bits per heavy atom. The minimum absolute atomic E-state index is 0.297. The predicted molar refractivity (Wildman–Crippen MR) is 78.5 cm³/mol. The van der Waals surface area contributed by atoms with Crippen LogP contribution in [0, 0.1) is 0 Å². The van der Waals surface area contributed by atoms with Crippen LogP contribution >= 0.6 is 0 Å². The van der Waals surface area contributed by atoms with E-state index in [2.05, 4.69) is 0 Å². The maximum absolute atomic E-state index is 12.8. The van der Waals surface area contributed by atoms with Crippen LogP contribution in [0.1, 0.15) is 12.0 Å². The number of hydrogen-bond acceptors (Lipinski definition) is 2. The number of carboxylic acids is 1. The van der Waals surface area contributed by atoms with E-state index in [0.717, 1.165) is 23.6 Å². The number of benzene rings is 2. The molecule has 0 aliphatic heterocycles. The van der Waals surface area contributed by atoms with Gasteiger partial charge in [0.2, 0.25) is 0 Å². The fraction of sp³-hybridized carbons (Fsp3) is 0.167. The van der Waals surface area contributed by atoms with Crippen LogP contribution in [0.25, 0.3) is 10.8 Å². The lowest BCUT2D eigenvalue weighted by Crippen LogP contribution is -2.45. The summed E-state index contributed by atoms with van der Waals surface area (Å²) in [5.41, 5.74) is -2.01. The molecule has 0 aromatic heterocycles. The highest BCUT2D eigenvalue weighted by atomic mass is 19.4. The molecule has 2 aromatic rings. The van der Waals surface area contributed by atoms with Crippen molar-refractivity contribution in [2.24, 2.45) is 0 Å². The lowest BCUT2D eigenvalue weighted by molar-refractivity contribution is -0.311. The van der Waals surface area contributed by atoms with Gasteiger partial charge in [-0.2, -0.15) is 13.2 Å². The summed E-state index contributed by atoms with van der Waals surface area (Å²) in [6, 6.07) is 12.3. The Bertz CT molecular complexity index is 828. The topological polar surface area (TPSA) is 40.1 Å². The number of hydrogen-bond donors (Lipinski definition) is 0. The van der Waals surface area contributed by atoms with Crippen molar-refractivity contribution >= 4 is 16.7 Å². The molecule has 0 fully saturated rings. The molecule has 0 spiro atoms. The normalized spacial score (nSPS) is 21.3. The van der Waals surface area contributed by atoms with Crippen LogP contribution in [0.15, 0.2) is 66.3 Å². The highest BCUT2D eigenvalue weighted by molar-refractivity contribution is 5.94. The summed E-state index contributed by atoms with van der Waals surface area (Å²) < 4.78 is 38.3. The van der Waals surface area contributed by atoms with Crippen LogP contribution in [-0.2, 0) is 10.2 Å². The second kappa shape index (κ2) is 5.26. The zero-order chi connectivity index (χ0) is 16.7. The van der Waals surface area contributed by atoms with Gasteiger partial charge >= 0.3 is 6.18 Å². The number of rotatable bonds is 2. The summed E-state index contributed by atoms with van der Waals surface area (Å²) in [5.74, 6) is -1.41. The van der Waals surface area contributed by atoms with Crippen LogP contribution in [0.4, 0.5) is 13.2 Å². The fourth-order valence-corrected chi connectivity index (χ4v) is 2.92. The molecule has 0 amide bonds. The summed E-state index contributed by atoms with van der Waals surface area (Å²) in [4.78, 5) is 11.8. The van der Waals surface area contributed by atoms with Crippen molar-refractivity contribution in [3.05, 3.63) is 71.8 Å². The number of carboxylic acid groups (broad SMARTS) is 1. The average molecular weight is 317 g/mol. The van der Waals surface area contributed by atoms with Gasteiger partial charge in [-0.25, -0.2) is 0 Å². The summed E-state index contributed by atoms with van der Waals surface area (Å²) in [7, 11) is 0. The molecule has 0 radical (unpaired) electrons. The quantitative estimate of drug-likeness (QED) is 0.853. The Hall–Kier alpha value is -2.56. The number of alkyl halides is 3. The van der Waals surface area contributed by atoms with Gasteiger partial charge in [0, 0.05) is 0 Å². The zero-order valence-electron chi connectivity index (χ0n) is 11.9. The third-order valence-corrected chi connectivity index (χ3v) is 4.15. The van der Waals surface area contributed by atoms with Crippen molar-refractivity contribution in [3.63, 3.8) is 0 Å². The van der Waals surface area contributed by atoms with Gasteiger partial charge in [0.1, 0.15) is 0 Å². The van der Waals surface area contributed by atoms with Crippen molar-refractivity contribution in [1.82, 2.24) is 0 Å². The van der Waals surface area contributed by atoms with Crippen molar-refractivity contribution in [2.45, 2.75) is 18.0 Å². The van der Waals surface area contributed by atoms with E-state index < -0.39 is 23.1 Å². The van der Waals surface area contributed by atoms with Gasteiger partial charge in [-0.1, -0.05) is 60.7 Å².